The molecule has 3 aliphatic rings. The Morgan fingerprint density at radius 3 is 2.34 bits per heavy atom. The second-order valence-electron chi connectivity index (χ2n) is 20.4. The number of amides is 1. The number of ketones is 1. The van der Waals surface area contributed by atoms with Crippen LogP contribution in [0.5, 0.6) is 0 Å². The number of methoxy groups -OCH3 is 2. The van der Waals surface area contributed by atoms with Gasteiger partial charge in [-0.1, -0.05) is 56.3 Å². The van der Waals surface area contributed by atoms with Gasteiger partial charge in [0, 0.05) is 75.4 Å². The number of carbonyl (C=O) groups is 3. The summed E-state index contributed by atoms with van der Waals surface area (Å²) in [4.78, 5) is 50.0. The number of pyridine rings is 1. The fourth-order valence-electron chi connectivity index (χ4n) is 11.0. The van der Waals surface area contributed by atoms with Gasteiger partial charge in [-0.25, -0.2) is 24.7 Å². The number of hydrazine groups is 1. The van der Waals surface area contributed by atoms with E-state index in [9.17, 15) is 23.9 Å². The number of likely N-dealkylation sites (N-methyl/N-ethyl adjacent to an activating group) is 2. The number of nitrogens with zero attached hydrogens (tertiary/aromatic N) is 7. The molecule has 1 aromatic carbocycles. The quantitative estimate of drug-likeness (QED) is 0.0866. The number of fused-ring (bicyclic) bond motifs is 1. The third kappa shape index (κ3) is 11.6. The number of benzene rings is 1. The molecule has 0 saturated carbocycles. The first-order chi connectivity index (χ1) is 33.1. The van der Waals surface area contributed by atoms with Crippen LogP contribution in [0.3, 0.4) is 0 Å². The van der Waals surface area contributed by atoms with E-state index in [-0.39, 0.29) is 18.1 Å². The summed E-state index contributed by atoms with van der Waals surface area (Å²) >= 11 is 0. The Bertz CT molecular complexity index is 2220. The fraction of sp³-hybridized carbons (Fsp3) is 0.686. The van der Waals surface area contributed by atoms with Gasteiger partial charge in [0.2, 0.25) is 0 Å². The zero-order valence-electron chi connectivity index (χ0n) is 43.3. The average molecular weight is 981 g/mol. The van der Waals surface area contributed by atoms with Crippen LogP contribution in [-0.4, -0.2) is 166 Å². The number of aromatic nitrogens is 4. The van der Waals surface area contributed by atoms with Gasteiger partial charge >= 0.3 is 12.1 Å². The molecule has 1 amide bonds. The van der Waals surface area contributed by atoms with E-state index >= 15 is 0 Å². The molecule has 19 heteroatoms. The van der Waals surface area contributed by atoms with E-state index in [1.807, 2.05) is 96.2 Å². The first-order valence-electron chi connectivity index (χ1n) is 24.6. The lowest BCUT2D eigenvalue weighted by molar-refractivity contribution is -0.296. The largest absolute Gasteiger partial charge is 0.457 e. The molecule has 3 fully saturated rings. The van der Waals surface area contributed by atoms with Gasteiger partial charge in [-0.15, -0.1) is 5.10 Å². The number of nitrogens with two attached hydrogens (primary N) is 1. The van der Waals surface area contributed by atoms with Crippen LogP contribution in [0.25, 0.3) is 11.1 Å². The Hall–Kier alpha value is -4.47. The van der Waals surface area contributed by atoms with Crippen LogP contribution >= 0.6 is 0 Å². The molecule has 0 aliphatic carbocycles. The van der Waals surface area contributed by atoms with Crippen molar-refractivity contribution in [2.24, 2.45) is 23.6 Å². The SMILES string of the molecule is CC[C@H]1OC(=O)[C@H](C)C(=O)[C@H](C)[C@@H](O[C@@H]2O[C@H](C)CC(N(C)CCc3cn([C@H](CF)[C@H](OC)c4ccc(-c5ccc(C)nc5)cc4)nn3)[C@H]2O)[C@](C)(OC)C[C@@H](C)CN(C)[C@H](C)C2N(N)C(=O)O[C@@]21C. The van der Waals surface area contributed by atoms with Crippen molar-refractivity contribution in [3.05, 3.63) is 65.7 Å². The van der Waals surface area contributed by atoms with Gasteiger partial charge < -0.3 is 43.3 Å². The Morgan fingerprint density at radius 1 is 1.04 bits per heavy atom. The summed E-state index contributed by atoms with van der Waals surface area (Å²) in [5.74, 6) is 2.88. The molecule has 15 atom stereocenters. The number of aliphatic hydroxyl groups excluding tert-OH is 1. The zero-order valence-corrected chi connectivity index (χ0v) is 43.3. The molecule has 2 unspecified atom stereocenters. The third-order valence-electron chi connectivity index (χ3n) is 15.3. The normalized spacial score (nSPS) is 33.8. The number of rotatable bonds is 14. The lowest BCUT2D eigenvalue weighted by Crippen LogP contribution is -2.62. The summed E-state index contributed by atoms with van der Waals surface area (Å²) in [5.41, 5.74) is 1.87. The van der Waals surface area contributed by atoms with Crippen molar-refractivity contribution >= 4 is 17.8 Å². The van der Waals surface area contributed by atoms with E-state index in [2.05, 4.69) is 27.1 Å². The third-order valence-corrected chi connectivity index (χ3v) is 15.3. The van der Waals surface area contributed by atoms with Crippen molar-refractivity contribution < 1.29 is 52.3 Å². The molecule has 3 aliphatic heterocycles. The molecule has 6 rings (SSSR count). The van der Waals surface area contributed by atoms with E-state index in [0.717, 1.165) is 27.4 Å². The predicted octanol–water partition coefficient (Wildman–Crippen LogP) is 5.65. The molecule has 0 bridgehead atoms. The molecule has 3 aromatic rings. The zero-order chi connectivity index (χ0) is 51.4. The minimum absolute atomic E-state index is 0.0637. The van der Waals surface area contributed by atoms with Crippen molar-refractivity contribution in [2.45, 2.75) is 160 Å². The van der Waals surface area contributed by atoms with E-state index in [4.69, 9.17) is 34.3 Å². The molecule has 5 heterocycles. The van der Waals surface area contributed by atoms with E-state index in [1.54, 1.807) is 34.3 Å². The smallest absolute Gasteiger partial charge is 0.425 e. The number of aryl methyl sites for hydroxylation is 1. The van der Waals surface area contributed by atoms with Gasteiger partial charge in [0.05, 0.1) is 23.5 Å². The van der Waals surface area contributed by atoms with Crippen LogP contribution in [0.1, 0.15) is 104 Å². The monoisotopic (exact) mass is 981 g/mol. The predicted molar refractivity (Wildman–Crippen MR) is 259 cm³/mol. The molecular weight excluding hydrogens is 904 g/mol. The molecule has 18 nitrogen and oxygen atoms in total. The van der Waals surface area contributed by atoms with Gasteiger partial charge in [-0.2, -0.15) is 0 Å². The van der Waals surface area contributed by atoms with Crippen LogP contribution in [0, 0.1) is 24.7 Å². The molecule has 3 N–H and O–H groups in total. The van der Waals surface area contributed by atoms with E-state index < -0.39 is 96.4 Å². The lowest BCUT2D eigenvalue weighted by Gasteiger charge is -2.47. The standard InChI is InChI=1S/C51H77FN8O10/c1-14-41-51(9)45(60(53)49(64)70-51)34(7)58(11)27-29(2)24-50(8,66-13)46(32(5)42(61)33(6)47(63)68-41)69-48-43(62)39(23-31(4)67-48)57(10)22-21-38-28-59(56-55-38)40(25-52)44(65-12)36-19-17-35(18-20-36)37-16-15-30(3)54-26-37/h15-20,26,28-29,31-34,39-41,43-46,48,62H,14,21-25,27,53H2,1-13H3/t29-,31-,32+,33-,34-,39?,40-,41-,43-,44-,45?,46-,48+,50-,51-/m1/s1. The van der Waals surface area contributed by atoms with Crippen LogP contribution in [0.4, 0.5) is 9.18 Å². The van der Waals surface area contributed by atoms with E-state index in [1.165, 1.54) is 11.6 Å². The lowest BCUT2D eigenvalue weighted by atomic mass is 9.78. The highest BCUT2D eigenvalue weighted by molar-refractivity contribution is 6.00. The van der Waals surface area contributed by atoms with Crippen molar-refractivity contribution in [3.63, 3.8) is 0 Å². The summed E-state index contributed by atoms with van der Waals surface area (Å²) in [6.45, 7) is 16.7. The maximum absolute atomic E-state index is 14.9. The summed E-state index contributed by atoms with van der Waals surface area (Å²) in [7, 11) is 6.95. The highest BCUT2D eigenvalue weighted by Gasteiger charge is 2.59. The molecule has 70 heavy (non-hydrogen) atoms. The van der Waals surface area contributed by atoms with E-state index in [0.29, 0.717) is 44.5 Å². The van der Waals surface area contributed by atoms with Gasteiger partial charge in [-0.05, 0) is 98.0 Å². The Balaban J connectivity index is 1.18. The number of halogens is 1. The minimum atomic E-state index is -1.32. The number of hydrogen-bond donors (Lipinski definition) is 2. The number of hydrogen-bond acceptors (Lipinski definition) is 16. The number of esters is 1. The molecule has 0 radical (unpaired) electrons. The molecule has 388 valence electrons. The molecular formula is C51H77FN8O10. The minimum Gasteiger partial charge on any atom is -0.457 e. The van der Waals surface area contributed by atoms with Gasteiger partial charge in [0.25, 0.3) is 0 Å². The number of alkyl halides is 1. The average Bonchev–Trinajstić information content (AvgIpc) is 3.90. The highest BCUT2D eigenvalue weighted by Crippen LogP contribution is 2.40. The number of cyclic esters (lactones) is 1. The Labute approximate surface area is 412 Å². The number of ether oxygens (including phenoxy) is 6. The van der Waals surface area contributed by atoms with Gasteiger partial charge in [-0.3, -0.25) is 14.6 Å². The maximum atomic E-state index is 14.9. The number of Topliss-reactive ketones (excluding diaryl/α,β-unsaturated/α-hetero) is 1. The van der Waals surface area contributed by atoms with Gasteiger partial charge in [0.1, 0.15) is 43.0 Å². The summed E-state index contributed by atoms with van der Waals surface area (Å²) in [6.07, 6.45) is -0.803. The van der Waals surface area contributed by atoms with Crippen molar-refractivity contribution in [1.29, 1.82) is 0 Å². The topological polar surface area (TPSA) is 206 Å². The second-order valence-corrected chi connectivity index (χ2v) is 20.4. The molecule has 2 aromatic heterocycles. The second kappa shape index (κ2) is 22.9. The maximum Gasteiger partial charge on any atom is 0.425 e. The highest BCUT2D eigenvalue weighted by atomic mass is 19.1. The van der Waals surface area contributed by atoms with Crippen molar-refractivity contribution in [1.82, 2.24) is 34.8 Å². The van der Waals surface area contributed by atoms with Crippen molar-refractivity contribution in [2.75, 3.05) is 48.1 Å². The van der Waals surface area contributed by atoms with Crippen LogP contribution in [0.2, 0.25) is 0 Å². The Morgan fingerprint density at radius 2 is 1.73 bits per heavy atom. The summed E-state index contributed by atoms with van der Waals surface area (Å²) < 4.78 is 53.7. The number of aliphatic hydroxyl groups is 1. The van der Waals surface area contributed by atoms with Crippen LogP contribution < -0.4 is 5.84 Å². The van der Waals surface area contributed by atoms with Crippen LogP contribution in [-0.2, 0) is 44.4 Å². The van der Waals surface area contributed by atoms with Crippen molar-refractivity contribution in [3.8, 4) is 11.1 Å². The summed E-state index contributed by atoms with van der Waals surface area (Å²) in [5, 5.41) is 21.9. The first-order valence-corrected chi connectivity index (χ1v) is 24.6. The van der Waals surface area contributed by atoms with Crippen LogP contribution in [0.15, 0.2) is 48.8 Å². The van der Waals surface area contributed by atoms with Gasteiger partial charge in [0.15, 0.2) is 17.7 Å². The first kappa shape index (κ1) is 54.9. The molecule has 0 spiro atoms. The summed E-state index contributed by atoms with van der Waals surface area (Å²) in [6, 6.07) is 9.51. The number of carbonyl (C=O) groups excluding carboxylic acids is 3. The Kier molecular flexibility index (Phi) is 18.0. The fourth-order valence-corrected chi connectivity index (χ4v) is 11.0. The molecule has 3 saturated heterocycles.